The Morgan fingerprint density at radius 1 is 0.132 bits per heavy atom. The van der Waals surface area contributed by atoms with Crippen LogP contribution in [0.25, 0.3) is 153 Å². The Morgan fingerprint density at radius 2 is 0.461 bits per heavy atom. The molecule has 0 heterocycles. The molecule has 0 radical (unpaired) electrons. The molecule has 0 aromatic heterocycles. The molecule has 0 aliphatic carbocycles. The molecule has 0 aliphatic rings. The van der Waals surface area contributed by atoms with E-state index in [-0.39, 0.29) is 0 Å². The quantitative estimate of drug-likeness (QED) is 0.110. The molecule has 352 valence electrons. The monoisotopic (exact) mass is 960 g/mol. The lowest BCUT2D eigenvalue weighted by Gasteiger charge is -2.21. The Kier molecular flexibility index (Phi) is 10.3. The lowest BCUT2D eigenvalue weighted by molar-refractivity contribution is 1.61. The predicted octanol–water partition coefficient (Wildman–Crippen LogP) is 21.4. The SMILES string of the molecule is c1ccc(-c2cc3ccccc3cc2-c2ccc3c(c2)c(-c2ccc4ccccc4c2)c(-c2ccc4ccccc4c2)c2cc(-c4ccc(-c5c6ccccc6c(-c6ccccc6)c6ccccc56)cc4)ccc23)cc1. The molecule has 0 spiro atoms. The maximum absolute atomic E-state index is 2.48. The normalized spacial score (nSPS) is 11.7. The van der Waals surface area contributed by atoms with E-state index in [0.29, 0.717) is 0 Å². The molecule has 15 aromatic rings. The summed E-state index contributed by atoms with van der Waals surface area (Å²) in [5, 5.41) is 17.3. The second-order valence-corrected chi connectivity index (χ2v) is 20.3. The number of rotatable bonds is 7. The van der Waals surface area contributed by atoms with E-state index in [1.807, 2.05) is 0 Å². The molecule has 0 unspecified atom stereocenters. The zero-order chi connectivity index (χ0) is 50.1. The Labute approximate surface area is 442 Å². The van der Waals surface area contributed by atoms with Crippen molar-refractivity contribution in [2.45, 2.75) is 0 Å². The Balaban J connectivity index is 0.977. The molecule has 0 fully saturated rings. The lowest BCUT2D eigenvalue weighted by atomic mass is 9.82. The molecule has 76 heavy (non-hydrogen) atoms. The maximum atomic E-state index is 2.48. The summed E-state index contributed by atoms with van der Waals surface area (Å²) in [6, 6.07) is 108. The minimum Gasteiger partial charge on any atom is -0.0622 e. The summed E-state index contributed by atoms with van der Waals surface area (Å²) in [4.78, 5) is 0. The van der Waals surface area contributed by atoms with Crippen molar-refractivity contribution in [2.75, 3.05) is 0 Å². The van der Waals surface area contributed by atoms with Gasteiger partial charge in [-0.05, 0) is 190 Å². The molecule has 0 aliphatic heterocycles. The van der Waals surface area contributed by atoms with E-state index < -0.39 is 0 Å². The van der Waals surface area contributed by atoms with Crippen molar-refractivity contribution in [1.82, 2.24) is 0 Å². The molecule has 15 rings (SSSR count). The fourth-order valence-electron chi connectivity index (χ4n) is 12.4. The molecule has 0 amide bonds. The third-order valence-corrected chi connectivity index (χ3v) is 16.0. The second-order valence-electron chi connectivity index (χ2n) is 20.3. The van der Waals surface area contributed by atoms with Crippen LogP contribution in [0.15, 0.2) is 291 Å². The average Bonchev–Trinajstić information content (AvgIpc) is 3.50. The van der Waals surface area contributed by atoms with Gasteiger partial charge in [-0.2, -0.15) is 0 Å². The molecule has 0 saturated carbocycles. The van der Waals surface area contributed by atoms with Gasteiger partial charge in [-0.1, -0.05) is 255 Å². The zero-order valence-corrected chi connectivity index (χ0v) is 41.7. The minimum absolute atomic E-state index is 1.18. The topological polar surface area (TPSA) is 0 Å². The highest BCUT2D eigenvalue weighted by atomic mass is 14.3. The van der Waals surface area contributed by atoms with Crippen molar-refractivity contribution >= 4 is 75.4 Å². The van der Waals surface area contributed by atoms with Gasteiger partial charge in [-0.3, -0.25) is 0 Å². The highest BCUT2D eigenvalue weighted by Gasteiger charge is 2.22. The first kappa shape index (κ1) is 43.7. The average molecular weight is 961 g/mol. The van der Waals surface area contributed by atoms with Crippen molar-refractivity contribution in [3.05, 3.63) is 291 Å². The lowest BCUT2D eigenvalue weighted by Crippen LogP contribution is -1.94. The molecule has 0 bridgehead atoms. The van der Waals surface area contributed by atoms with Crippen LogP contribution in [0, 0.1) is 0 Å². The summed E-state index contributed by atoms with van der Waals surface area (Å²) < 4.78 is 0. The van der Waals surface area contributed by atoms with E-state index in [4.69, 9.17) is 0 Å². The first-order valence-corrected chi connectivity index (χ1v) is 26.4. The van der Waals surface area contributed by atoms with E-state index in [1.165, 1.54) is 153 Å². The van der Waals surface area contributed by atoms with Crippen molar-refractivity contribution in [1.29, 1.82) is 0 Å². The highest BCUT2D eigenvalue weighted by Crippen LogP contribution is 2.49. The molecule has 15 aromatic carbocycles. The fraction of sp³-hybridized carbons (Fsp3) is 0. The van der Waals surface area contributed by atoms with Crippen molar-refractivity contribution < 1.29 is 0 Å². The number of fused-ring (bicyclic) bond motifs is 8. The number of benzene rings is 15. The number of hydrogen-bond acceptors (Lipinski definition) is 0. The van der Waals surface area contributed by atoms with Crippen LogP contribution in [0.1, 0.15) is 0 Å². The van der Waals surface area contributed by atoms with Gasteiger partial charge in [-0.25, -0.2) is 0 Å². The standard InChI is InChI=1S/C76H48/c1-3-19-52(20-4-1)69-45-57-25-11-12-26-58(57)46-70(69)60-40-42-64-63-41-39-59(51-31-35-54(36-32-51)74-67-29-15-13-27-65(67)73(53-21-5-2-6-22-53)66-28-14-16-30-68(66)74)47-71(63)75(61-37-33-49-17-7-9-23-55(49)43-61)76(72(64)48-60)62-38-34-50-18-8-10-24-56(50)44-62/h1-48H. The second kappa shape index (κ2) is 18.0. The predicted molar refractivity (Wildman–Crippen MR) is 327 cm³/mol. The van der Waals surface area contributed by atoms with Gasteiger partial charge >= 0.3 is 0 Å². The van der Waals surface area contributed by atoms with Crippen LogP contribution >= 0.6 is 0 Å². The summed E-state index contributed by atoms with van der Waals surface area (Å²) in [7, 11) is 0. The third kappa shape index (κ3) is 7.30. The fourth-order valence-corrected chi connectivity index (χ4v) is 12.4. The Morgan fingerprint density at radius 3 is 0.947 bits per heavy atom. The summed E-state index contributed by atoms with van der Waals surface area (Å²) in [6.07, 6.45) is 0. The van der Waals surface area contributed by atoms with Crippen molar-refractivity contribution in [2.24, 2.45) is 0 Å². The van der Waals surface area contributed by atoms with Gasteiger partial charge in [0.1, 0.15) is 0 Å². The highest BCUT2D eigenvalue weighted by molar-refractivity contribution is 6.24. The van der Waals surface area contributed by atoms with E-state index >= 15 is 0 Å². The van der Waals surface area contributed by atoms with Crippen LogP contribution in [0.3, 0.4) is 0 Å². The summed E-state index contributed by atoms with van der Waals surface area (Å²) >= 11 is 0. The van der Waals surface area contributed by atoms with Crippen molar-refractivity contribution in [3.8, 4) is 77.9 Å². The summed E-state index contributed by atoms with van der Waals surface area (Å²) in [6.45, 7) is 0. The first-order chi connectivity index (χ1) is 37.7. The van der Waals surface area contributed by atoms with Crippen LogP contribution in [-0.4, -0.2) is 0 Å². The minimum atomic E-state index is 1.18. The van der Waals surface area contributed by atoms with Crippen LogP contribution < -0.4 is 0 Å². The summed E-state index contributed by atoms with van der Waals surface area (Å²) in [5.41, 5.74) is 17.0. The van der Waals surface area contributed by atoms with Crippen LogP contribution in [0.5, 0.6) is 0 Å². The molecule has 0 N–H and O–H groups in total. The smallest absolute Gasteiger partial charge is 0.00199 e. The zero-order valence-electron chi connectivity index (χ0n) is 41.7. The molecular formula is C76H48. The van der Waals surface area contributed by atoms with Crippen LogP contribution in [0.4, 0.5) is 0 Å². The largest absolute Gasteiger partial charge is 0.0622 e. The van der Waals surface area contributed by atoms with Crippen molar-refractivity contribution in [3.63, 3.8) is 0 Å². The van der Waals surface area contributed by atoms with E-state index in [2.05, 4.69) is 291 Å². The van der Waals surface area contributed by atoms with Gasteiger partial charge in [0.25, 0.3) is 0 Å². The molecular weight excluding hydrogens is 913 g/mol. The van der Waals surface area contributed by atoms with Crippen LogP contribution in [0.2, 0.25) is 0 Å². The molecule has 0 heteroatoms. The van der Waals surface area contributed by atoms with Gasteiger partial charge < -0.3 is 0 Å². The molecule has 0 nitrogen and oxygen atoms in total. The van der Waals surface area contributed by atoms with Gasteiger partial charge in [0, 0.05) is 0 Å². The van der Waals surface area contributed by atoms with Gasteiger partial charge in [0.2, 0.25) is 0 Å². The van der Waals surface area contributed by atoms with Crippen LogP contribution in [-0.2, 0) is 0 Å². The molecule has 0 saturated heterocycles. The molecule has 0 atom stereocenters. The Hall–Kier alpha value is -9.88. The van der Waals surface area contributed by atoms with E-state index in [9.17, 15) is 0 Å². The summed E-state index contributed by atoms with van der Waals surface area (Å²) in [5.74, 6) is 0. The Bertz CT molecular complexity index is 4720. The van der Waals surface area contributed by atoms with E-state index in [1.54, 1.807) is 0 Å². The van der Waals surface area contributed by atoms with E-state index in [0.717, 1.165) is 0 Å². The number of hydrogen-bond donors (Lipinski definition) is 0. The maximum Gasteiger partial charge on any atom is -0.00199 e. The van der Waals surface area contributed by atoms with Gasteiger partial charge in [-0.15, -0.1) is 0 Å². The first-order valence-electron chi connectivity index (χ1n) is 26.4. The van der Waals surface area contributed by atoms with Gasteiger partial charge in [0.15, 0.2) is 0 Å². The van der Waals surface area contributed by atoms with Gasteiger partial charge in [0.05, 0.1) is 0 Å². The third-order valence-electron chi connectivity index (χ3n) is 16.0.